The van der Waals surface area contributed by atoms with Gasteiger partial charge in [-0.1, -0.05) is 23.7 Å². The van der Waals surface area contributed by atoms with Crippen LogP contribution in [0.2, 0.25) is 5.02 Å². The van der Waals surface area contributed by atoms with Gasteiger partial charge < -0.3 is 14.4 Å². The molecule has 1 aliphatic rings. The van der Waals surface area contributed by atoms with Crippen molar-refractivity contribution in [3.63, 3.8) is 0 Å². The first-order valence-electron chi connectivity index (χ1n) is 9.60. The highest BCUT2D eigenvalue weighted by Crippen LogP contribution is 2.25. The number of ether oxygens (including phenoxy) is 1. The quantitative estimate of drug-likeness (QED) is 0.618. The molecule has 29 heavy (non-hydrogen) atoms. The van der Waals surface area contributed by atoms with E-state index in [0.717, 1.165) is 16.9 Å². The van der Waals surface area contributed by atoms with Gasteiger partial charge in [0.05, 0.1) is 29.1 Å². The molecule has 0 bridgehead atoms. The largest absolute Gasteiger partial charge is 0.491 e. The molecule has 6 nitrogen and oxygen atoms in total. The van der Waals surface area contributed by atoms with Crippen molar-refractivity contribution in [2.45, 2.75) is 25.5 Å². The number of aliphatic hydroxyl groups excluding tert-OH is 1. The Balaban J connectivity index is 1.49. The Morgan fingerprint density at radius 2 is 1.97 bits per heavy atom. The highest BCUT2D eigenvalue weighted by Gasteiger charge is 2.29. The molecule has 2 heterocycles. The molecule has 1 fully saturated rings. The second-order valence-corrected chi connectivity index (χ2v) is 10.2. The third-order valence-corrected chi connectivity index (χ3v) is 7.27. The minimum Gasteiger partial charge on any atom is -0.491 e. The normalized spacial score (nSPS) is 19.4. The number of fused-ring (bicyclic) bond motifs is 1. The second kappa shape index (κ2) is 8.34. The van der Waals surface area contributed by atoms with Crippen LogP contribution in [-0.4, -0.2) is 47.3 Å². The van der Waals surface area contributed by atoms with Gasteiger partial charge in [-0.25, -0.2) is 13.4 Å². The van der Waals surface area contributed by atoms with Crippen LogP contribution in [0.5, 0.6) is 5.75 Å². The fourth-order valence-electron chi connectivity index (χ4n) is 3.76. The van der Waals surface area contributed by atoms with Crippen LogP contribution in [0.25, 0.3) is 11.0 Å². The summed E-state index contributed by atoms with van der Waals surface area (Å²) in [6, 6.07) is 14.7. The van der Waals surface area contributed by atoms with E-state index < -0.39 is 15.9 Å². The molecule has 154 valence electrons. The number of nitrogens with zero attached hydrogens (tertiary/aromatic N) is 2. The van der Waals surface area contributed by atoms with Crippen LogP contribution in [0.1, 0.15) is 12.2 Å². The molecule has 0 aliphatic carbocycles. The van der Waals surface area contributed by atoms with Crippen LogP contribution >= 0.6 is 11.6 Å². The van der Waals surface area contributed by atoms with Crippen molar-refractivity contribution < 1.29 is 18.3 Å². The van der Waals surface area contributed by atoms with E-state index in [1.807, 2.05) is 28.8 Å². The lowest BCUT2D eigenvalue weighted by atomic mass is 10.1. The highest BCUT2D eigenvalue weighted by atomic mass is 35.5. The summed E-state index contributed by atoms with van der Waals surface area (Å²) in [5.74, 6) is 1.96. The van der Waals surface area contributed by atoms with Gasteiger partial charge in [-0.2, -0.15) is 0 Å². The first-order chi connectivity index (χ1) is 13.9. The summed E-state index contributed by atoms with van der Waals surface area (Å²) in [6.45, 7) is 0.453. The minimum absolute atomic E-state index is 0.0676. The smallest absolute Gasteiger partial charge is 0.150 e. The van der Waals surface area contributed by atoms with Gasteiger partial charge in [-0.3, -0.25) is 0 Å². The van der Waals surface area contributed by atoms with E-state index in [1.54, 1.807) is 24.3 Å². The summed E-state index contributed by atoms with van der Waals surface area (Å²) in [5, 5.41) is 11.2. The number of hydrogen-bond donors (Lipinski definition) is 1. The lowest BCUT2D eigenvalue weighted by molar-refractivity contribution is 0.0926. The number of aliphatic hydroxyl groups is 1. The van der Waals surface area contributed by atoms with Crippen LogP contribution in [0.3, 0.4) is 0 Å². The summed E-state index contributed by atoms with van der Waals surface area (Å²) in [4.78, 5) is 4.71. The molecule has 0 saturated carbocycles. The molecule has 0 amide bonds. The average Bonchev–Trinajstić information content (AvgIpc) is 3.21. The SMILES string of the molecule is O=S1(=O)CC[C@@H](Cc2nc3ccccc3n2C[C@@H](O)COc2ccc(Cl)cc2)C1. The third kappa shape index (κ3) is 4.91. The fraction of sp³-hybridized carbons (Fsp3) is 0.381. The van der Waals surface area contributed by atoms with Crippen molar-refractivity contribution in [2.24, 2.45) is 5.92 Å². The molecule has 1 N–H and O–H groups in total. The monoisotopic (exact) mass is 434 g/mol. The van der Waals surface area contributed by atoms with Crippen molar-refractivity contribution in [1.82, 2.24) is 9.55 Å². The number of rotatable bonds is 7. The maximum atomic E-state index is 11.8. The molecular formula is C21H23ClN2O4S. The maximum absolute atomic E-state index is 11.8. The Morgan fingerprint density at radius 1 is 1.21 bits per heavy atom. The molecule has 8 heteroatoms. The Bertz CT molecular complexity index is 1100. The van der Waals surface area contributed by atoms with Crippen molar-refractivity contribution in [1.29, 1.82) is 0 Å². The van der Waals surface area contributed by atoms with Crippen molar-refractivity contribution in [3.05, 3.63) is 59.4 Å². The van der Waals surface area contributed by atoms with Gasteiger partial charge in [0.15, 0.2) is 9.84 Å². The van der Waals surface area contributed by atoms with E-state index in [9.17, 15) is 13.5 Å². The zero-order valence-corrected chi connectivity index (χ0v) is 17.4. The molecule has 1 aromatic heterocycles. The van der Waals surface area contributed by atoms with Gasteiger partial charge in [0.2, 0.25) is 0 Å². The lowest BCUT2D eigenvalue weighted by Gasteiger charge is -2.17. The summed E-state index contributed by atoms with van der Waals surface area (Å²) >= 11 is 5.88. The van der Waals surface area contributed by atoms with Gasteiger partial charge in [0, 0.05) is 11.4 Å². The summed E-state index contributed by atoms with van der Waals surface area (Å²) in [5.41, 5.74) is 1.77. The number of sulfone groups is 1. The predicted molar refractivity (Wildman–Crippen MR) is 113 cm³/mol. The number of aromatic nitrogens is 2. The highest BCUT2D eigenvalue weighted by molar-refractivity contribution is 7.91. The van der Waals surface area contributed by atoms with Crippen LogP contribution in [0, 0.1) is 5.92 Å². The van der Waals surface area contributed by atoms with Gasteiger partial charge >= 0.3 is 0 Å². The van der Waals surface area contributed by atoms with Crippen LogP contribution in [0.15, 0.2) is 48.5 Å². The van der Waals surface area contributed by atoms with E-state index in [4.69, 9.17) is 21.3 Å². The van der Waals surface area contributed by atoms with Gasteiger partial charge in [0.1, 0.15) is 24.3 Å². The molecule has 2 aromatic carbocycles. The van der Waals surface area contributed by atoms with Crippen LogP contribution in [-0.2, 0) is 22.8 Å². The number of para-hydroxylation sites is 2. The molecule has 4 rings (SSSR count). The molecular weight excluding hydrogens is 412 g/mol. The maximum Gasteiger partial charge on any atom is 0.150 e. The summed E-state index contributed by atoms with van der Waals surface area (Å²) in [7, 11) is -2.94. The Kier molecular flexibility index (Phi) is 5.81. The van der Waals surface area contributed by atoms with Crippen LogP contribution in [0.4, 0.5) is 0 Å². The summed E-state index contributed by atoms with van der Waals surface area (Å²) < 4.78 is 31.3. The van der Waals surface area contributed by atoms with E-state index in [-0.39, 0.29) is 24.0 Å². The Labute approximate surface area is 175 Å². The number of benzene rings is 2. The molecule has 1 saturated heterocycles. The van der Waals surface area contributed by atoms with E-state index in [2.05, 4.69) is 0 Å². The standard InChI is InChI=1S/C21H23ClN2O4S/c22-16-5-7-18(8-6-16)28-13-17(25)12-24-20-4-2-1-3-19(20)23-21(24)11-15-9-10-29(26,27)14-15/h1-8,15,17,25H,9-14H2/t15-,17+/m0/s1. The molecule has 0 radical (unpaired) electrons. The predicted octanol–water partition coefficient (Wildman–Crippen LogP) is 3.11. The van der Waals surface area contributed by atoms with Crippen LogP contribution < -0.4 is 4.74 Å². The number of imidazole rings is 1. The molecule has 2 atom stereocenters. The fourth-order valence-corrected chi connectivity index (χ4v) is 5.75. The lowest BCUT2D eigenvalue weighted by Crippen LogP contribution is -2.25. The second-order valence-electron chi connectivity index (χ2n) is 7.52. The summed E-state index contributed by atoms with van der Waals surface area (Å²) in [6.07, 6.45) is 0.501. The van der Waals surface area contributed by atoms with Gasteiger partial charge in [-0.15, -0.1) is 0 Å². The zero-order chi connectivity index (χ0) is 20.4. The van der Waals surface area contributed by atoms with Crippen molar-refractivity contribution >= 4 is 32.5 Å². The number of hydrogen-bond acceptors (Lipinski definition) is 5. The van der Waals surface area contributed by atoms with E-state index in [0.29, 0.717) is 30.2 Å². The molecule has 0 unspecified atom stereocenters. The van der Waals surface area contributed by atoms with E-state index >= 15 is 0 Å². The Morgan fingerprint density at radius 3 is 2.69 bits per heavy atom. The topological polar surface area (TPSA) is 81.4 Å². The van der Waals surface area contributed by atoms with Gasteiger partial charge in [0.25, 0.3) is 0 Å². The first kappa shape index (κ1) is 20.2. The Hall–Kier alpha value is -2.09. The molecule has 3 aromatic rings. The third-order valence-electron chi connectivity index (χ3n) is 5.18. The van der Waals surface area contributed by atoms with Crippen molar-refractivity contribution in [3.8, 4) is 5.75 Å². The molecule has 0 spiro atoms. The minimum atomic E-state index is -2.94. The number of halogens is 1. The van der Waals surface area contributed by atoms with Gasteiger partial charge in [-0.05, 0) is 48.7 Å². The molecule has 1 aliphatic heterocycles. The van der Waals surface area contributed by atoms with E-state index in [1.165, 1.54) is 0 Å². The average molecular weight is 435 g/mol. The zero-order valence-electron chi connectivity index (χ0n) is 15.9. The van der Waals surface area contributed by atoms with Crippen molar-refractivity contribution in [2.75, 3.05) is 18.1 Å². The first-order valence-corrected chi connectivity index (χ1v) is 11.8.